The monoisotopic (exact) mass is 236 g/mol. The number of carboxylic acids is 1. The van der Waals surface area contributed by atoms with E-state index in [0.717, 1.165) is 4.88 Å². The standard InChI is InChI=1S/C11H8O4S/c1-6-2-5-9(16-6)10(12)7-3-4-8(15-7)11(13)14/h2-5H,1H3,(H,13,14). The third-order valence-corrected chi connectivity index (χ3v) is 3.00. The van der Waals surface area contributed by atoms with E-state index >= 15 is 0 Å². The molecule has 0 aromatic carbocycles. The second kappa shape index (κ2) is 3.94. The van der Waals surface area contributed by atoms with Crippen molar-refractivity contribution in [1.82, 2.24) is 0 Å². The summed E-state index contributed by atoms with van der Waals surface area (Å²) in [6, 6.07) is 6.18. The zero-order valence-electron chi connectivity index (χ0n) is 8.39. The van der Waals surface area contributed by atoms with E-state index in [1.54, 1.807) is 6.07 Å². The SMILES string of the molecule is Cc1ccc(C(=O)c2ccc(C(=O)O)o2)s1. The summed E-state index contributed by atoms with van der Waals surface area (Å²) in [6.07, 6.45) is 0. The maximum atomic E-state index is 11.8. The highest BCUT2D eigenvalue weighted by Gasteiger charge is 2.17. The van der Waals surface area contributed by atoms with Gasteiger partial charge in [-0.25, -0.2) is 4.79 Å². The summed E-state index contributed by atoms with van der Waals surface area (Å²) in [7, 11) is 0. The summed E-state index contributed by atoms with van der Waals surface area (Å²) < 4.78 is 4.93. The Hall–Kier alpha value is -1.88. The van der Waals surface area contributed by atoms with Gasteiger partial charge in [-0.3, -0.25) is 4.79 Å². The molecule has 4 nitrogen and oxygen atoms in total. The summed E-state index contributed by atoms with van der Waals surface area (Å²) in [5.41, 5.74) is 0. The van der Waals surface area contributed by atoms with Crippen LogP contribution in [0.25, 0.3) is 0 Å². The minimum absolute atomic E-state index is 0.0549. The Morgan fingerprint density at radius 3 is 2.38 bits per heavy atom. The van der Waals surface area contributed by atoms with E-state index in [9.17, 15) is 9.59 Å². The summed E-state index contributed by atoms with van der Waals surface area (Å²) in [4.78, 5) is 24.0. The second-order valence-electron chi connectivity index (χ2n) is 3.21. The maximum absolute atomic E-state index is 11.8. The van der Waals surface area contributed by atoms with Gasteiger partial charge in [-0.2, -0.15) is 0 Å². The lowest BCUT2D eigenvalue weighted by molar-refractivity contribution is 0.0660. The molecule has 0 fully saturated rings. The van der Waals surface area contributed by atoms with Crippen molar-refractivity contribution < 1.29 is 19.1 Å². The summed E-state index contributed by atoms with van der Waals surface area (Å²) in [5, 5.41) is 8.65. The van der Waals surface area contributed by atoms with Gasteiger partial charge in [-0.1, -0.05) is 0 Å². The molecule has 2 heterocycles. The highest BCUT2D eigenvalue weighted by Crippen LogP contribution is 2.20. The minimum Gasteiger partial charge on any atom is -0.475 e. The molecule has 1 N–H and O–H groups in total. The van der Waals surface area contributed by atoms with Gasteiger partial charge in [-0.15, -0.1) is 11.3 Å². The minimum atomic E-state index is -1.18. The molecule has 2 aromatic heterocycles. The largest absolute Gasteiger partial charge is 0.475 e. The van der Waals surface area contributed by atoms with E-state index < -0.39 is 5.97 Å². The molecule has 5 heteroatoms. The molecule has 82 valence electrons. The summed E-state index contributed by atoms with van der Waals surface area (Å²) in [5.74, 6) is -1.64. The van der Waals surface area contributed by atoms with Gasteiger partial charge in [-0.05, 0) is 31.2 Å². The molecule has 16 heavy (non-hydrogen) atoms. The van der Waals surface area contributed by atoms with Crippen LogP contribution in [0.3, 0.4) is 0 Å². The average Bonchev–Trinajstić information content (AvgIpc) is 2.84. The number of carboxylic acid groups (broad SMARTS) is 1. The van der Waals surface area contributed by atoms with Crippen molar-refractivity contribution >= 4 is 23.1 Å². The number of carbonyl (C=O) groups excluding carboxylic acids is 1. The first-order valence-corrected chi connectivity index (χ1v) is 5.34. The van der Waals surface area contributed by atoms with Crippen molar-refractivity contribution in [2.75, 3.05) is 0 Å². The van der Waals surface area contributed by atoms with Gasteiger partial charge in [0.15, 0.2) is 5.76 Å². The van der Waals surface area contributed by atoms with Crippen LogP contribution >= 0.6 is 11.3 Å². The molecular formula is C11H8O4S. The highest BCUT2D eigenvalue weighted by molar-refractivity contribution is 7.14. The molecule has 0 saturated carbocycles. The van der Waals surface area contributed by atoms with E-state index in [-0.39, 0.29) is 17.3 Å². The zero-order chi connectivity index (χ0) is 11.7. The molecule has 0 unspecified atom stereocenters. The third-order valence-electron chi connectivity index (χ3n) is 2.00. The van der Waals surface area contributed by atoms with E-state index in [1.807, 2.05) is 13.0 Å². The van der Waals surface area contributed by atoms with Crippen LogP contribution in [0.2, 0.25) is 0 Å². The fraction of sp³-hybridized carbons (Fsp3) is 0.0909. The molecule has 0 saturated heterocycles. The fourth-order valence-electron chi connectivity index (χ4n) is 1.25. The molecule has 0 spiro atoms. The number of hydrogen-bond donors (Lipinski definition) is 1. The lowest BCUT2D eigenvalue weighted by Gasteiger charge is -1.91. The maximum Gasteiger partial charge on any atom is 0.371 e. The normalized spacial score (nSPS) is 10.3. The quantitative estimate of drug-likeness (QED) is 0.831. The van der Waals surface area contributed by atoms with Crippen LogP contribution in [-0.2, 0) is 0 Å². The van der Waals surface area contributed by atoms with Crippen LogP contribution in [0, 0.1) is 6.92 Å². The van der Waals surface area contributed by atoms with Gasteiger partial charge in [0, 0.05) is 4.88 Å². The number of thiophene rings is 1. The Morgan fingerprint density at radius 2 is 1.88 bits per heavy atom. The highest BCUT2D eigenvalue weighted by atomic mass is 32.1. The van der Waals surface area contributed by atoms with Crippen LogP contribution in [0.5, 0.6) is 0 Å². The van der Waals surface area contributed by atoms with Crippen molar-refractivity contribution in [1.29, 1.82) is 0 Å². The first-order chi connectivity index (χ1) is 7.58. The Labute approximate surface area is 95.1 Å². The lowest BCUT2D eigenvalue weighted by Crippen LogP contribution is -1.97. The van der Waals surface area contributed by atoms with Crippen LogP contribution in [0.15, 0.2) is 28.7 Å². The topological polar surface area (TPSA) is 67.5 Å². The summed E-state index contributed by atoms with van der Waals surface area (Å²) in [6.45, 7) is 1.90. The van der Waals surface area contributed by atoms with Crippen LogP contribution in [0.4, 0.5) is 0 Å². The number of carbonyl (C=O) groups is 2. The number of aryl methyl sites for hydroxylation is 1. The number of furan rings is 1. The van der Waals surface area contributed by atoms with E-state index in [2.05, 4.69) is 0 Å². The van der Waals surface area contributed by atoms with Gasteiger partial charge in [0.2, 0.25) is 11.5 Å². The predicted octanol–water partition coefficient (Wildman–Crippen LogP) is 2.58. The Balaban J connectivity index is 2.30. The number of aromatic carboxylic acids is 1. The van der Waals surface area contributed by atoms with Crippen LogP contribution in [0.1, 0.15) is 30.9 Å². The molecule has 0 atom stereocenters. The smallest absolute Gasteiger partial charge is 0.371 e. The van der Waals surface area contributed by atoms with Crippen molar-refractivity contribution in [2.24, 2.45) is 0 Å². The molecule has 0 aliphatic rings. The number of ketones is 1. The number of hydrogen-bond acceptors (Lipinski definition) is 4. The van der Waals surface area contributed by atoms with Gasteiger partial charge < -0.3 is 9.52 Å². The third kappa shape index (κ3) is 1.90. The molecule has 2 aromatic rings. The van der Waals surface area contributed by atoms with Crippen LogP contribution in [-0.4, -0.2) is 16.9 Å². The number of rotatable bonds is 3. The zero-order valence-corrected chi connectivity index (χ0v) is 9.21. The first kappa shape index (κ1) is 10.6. The molecule has 0 aliphatic heterocycles. The molecular weight excluding hydrogens is 228 g/mol. The Kier molecular flexibility index (Phi) is 2.62. The van der Waals surface area contributed by atoms with Gasteiger partial charge in [0.25, 0.3) is 0 Å². The predicted molar refractivity (Wildman–Crippen MR) is 58.2 cm³/mol. The van der Waals surface area contributed by atoms with E-state index in [4.69, 9.17) is 9.52 Å². The van der Waals surface area contributed by atoms with Gasteiger partial charge in [0.05, 0.1) is 4.88 Å². The Morgan fingerprint density at radius 1 is 1.19 bits per heavy atom. The summed E-state index contributed by atoms with van der Waals surface area (Å²) >= 11 is 1.35. The first-order valence-electron chi connectivity index (χ1n) is 4.52. The molecule has 0 bridgehead atoms. The molecule has 0 amide bonds. The van der Waals surface area contributed by atoms with E-state index in [0.29, 0.717) is 4.88 Å². The van der Waals surface area contributed by atoms with Gasteiger partial charge in [0.1, 0.15) is 0 Å². The van der Waals surface area contributed by atoms with Crippen molar-refractivity contribution in [2.45, 2.75) is 6.92 Å². The van der Waals surface area contributed by atoms with E-state index in [1.165, 1.54) is 23.5 Å². The Bertz CT molecular complexity index is 550. The molecule has 2 rings (SSSR count). The van der Waals surface area contributed by atoms with Crippen LogP contribution < -0.4 is 0 Å². The second-order valence-corrected chi connectivity index (χ2v) is 4.50. The van der Waals surface area contributed by atoms with Crippen molar-refractivity contribution in [3.8, 4) is 0 Å². The molecule has 0 aliphatic carbocycles. The van der Waals surface area contributed by atoms with Gasteiger partial charge >= 0.3 is 5.97 Å². The fourth-order valence-corrected chi connectivity index (χ4v) is 2.07. The van der Waals surface area contributed by atoms with Crippen molar-refractivity contribution in [3.05, 3.63) is 45.5 Å². The van der Waals surface area contributed by atoms with Crippen molar-refractivity contribution in [3.63, 3.8) is 0 Å². The molecule has 0 radical (unpaired) electrons. The lowest BCUT2D eigenvalue weighted by atomic mass is 10.2. The average molecular weight is 236 g/mol.